The molecule has 4 fully saturated rings. The Morgan fingerprint density at radius 3 is 2.04 bits per heavy atom. The monoisotopic (exact) mass is 635 g/mol. The molecule has 4 heterocycles. The fraction of sp³-hybridized carbons (Fsp3) is 0.946. The number of carbonyl (C=O) groups is 2. The summed E-state index contributed by atoms with van der Waals surface area (Å²) in [5.41, 5.74) is 0. The van der Waals surface area contributed by atoms with Gasteiger partial charge in [-0.15, -0.1) is 0 Å². The van der Waals surface area contributed by atoms with E-state index in [1.165, 1.54) is 6.42 Å². The van der Waals surface area contributed by atoms with Crippen molar-refractivity contribution in [3.8, 4) is 0 Å². The van der Waals surface area contributed by atoms with Crippen LogP contribution in [-0.4, -0.2) is 85.8 Å². The molecule has 4 bridgehead atoms. The molecule has 0 unspecified atom stereocenters. The molecule has 0 aromatic heterocycles. The minimum atomic E-state index is -0.342. The first-order valence-electron chi connectivity index (χ1n) is 18.6. The van der Waals surface area contributed by atoms with Crippen LogP contribution in [0.3, 0.4) is 0 Å². The first-order chi connectivity index (χ1) is 21.6. The zero-order valence-corrected chi connectivity index (χ0v) is 29.7. The van der Waals surface area contributed by atoms with Gasteiger partial charge in [-0.1, -0.05) is 54.4 Å². The third kappa shape index (κ3) is 9.23. The summed E-state index contributed by atoms with van der Waals surface area (Å²) in [6.45, 7) is 12.8. The number of cyclic esters (lactones) is 2. The van der Waals surface area contributed by atoms with Crippen molar-refractivity contribution >= 4 is 11.9 Å². The molecule has 0 amide bonds. The fourth-order valence-electron chi connectivity index (χ4n) is 8.68. The van der Waals surface area contributed by atoms with E-state index < -0.39 is 0 Å². The highest BCUT2D eigenvalue weighted by Crippen LogP contribution is 2.40. The Hall–Kier alpha value is -1.22. The van der Waals surface area contributed by atoms with Gasteiger partial charge < -0.3 is 28.6 Å². The van der Waals surface area contributed by atoms with E-state index in [0.29, 0.717) is 25.3 Å². The Labute approximate surface area is 274 Å². The van der Waals surface area contributed by atoms with Gasteiger partial charge in [0.1, 0.15) is 12.2 Å². The first kappa shape index (κ1) is 36.6. The number of rotatable bonds is 11. The molecule has 0 spiro atoms. The van der Waals surface area contributed by atoms with Gasteiger partial charge in [0.25, 0.3) is 0 Å². The lowest BCUT2D eigenvalue weighted by atomic mass is 9.84. The molecule has 4 rings (SSSR count). The van der Waals surface area contributed by atoms with Gasteiger partial charge in [0.05, 0.1) is 48.5 Å². The van der Waals surface area contributed by atoms with Crippen molar-refractivity contribution < 1.29 is 33.3 Å². The molecule has 4 aliphatic rings. The van der Waals surface area contributed by atoms with Crippen LogP contribution in [0.15, 0.2) is 0 Å². The van der Waals surface area contributed by atoms with Gasteiger partial charge in [0.2, 0.25) is 0 Å². The lowest BCUT2D eigenvalue weighted by Gasteiger charge is -2.37. The van der Waals surface area contributed by atoms with E-state index in [2.05, 4.69) is 60.5 Å². The number of carbonyl (C=O) groups excluding carboxylic acids is 2. The van der Waals surface area contributed by atoms with E-state index in [1.54, 1.807) is 0 Å². The molecular formula is C37H65NO7. The predicted molar refractivity (Wildman–Crippen MR) is 176 cm³/mol. The maximum absolute atomic E-state index is 14.0. The standard InChI is InChI=1S/C37H65NO7/c1-9-13-25(38(7)8)21-27-15-17-31(41-27)23(5)35-24(6)32-19-20-34(44-32)30(12-4)36(39)43-26(14-10-2)22-28-16-18-33(42-28)29(11-3)37(40)45-35/h23-35H,9-22H2,1-8H3/t23-,24-,25-,26+,27+,28+,29+,30-,31-,32+,33-,34-,35+/m1/s1. The van der Waals surface area contributed by atoms with Crippen molar-refractivity contribution in [2.75, 3.05) is 14.1 Å². The average molecular weight is 636 g/mol. The van der Waals surface area contributed by atoms with Crippen molar-refractivity contribution in [3.05, 3.63) is 0 Å². The zero-order valence-electron chi connectivity index (χ0n) is 29.7. The number of nitrogens with zero attached hydrogens (tertiary/aromatic N) is 1. The number of esters is 2. The molecule has 0 radical (unpaired) electrons. The molecule has 0 aromatic carbocycles. The van der Waals surface area contributed by atoms with E-state index in [0.717, 1.165) is 64.2 Å². The van der Waals surface area contributed by atoms with Gasteiger partial charge in [0, 0.05) is 24.3 Å². The van der Waals surface area contributed by atoms with Crippen LogP contribution in [0.4, 0.5) is 0 Å². The Morgan fingerprint density at radius 1 is 0.756 bits per heavy atom. The van der Waals surface area contributed by atoms with Crippen LogP contribution in [0.1, 0.15) is 131 Å². The molecular weight excluding hydrogens is 570 g/mol. The van der Waals surface area contributed by atoms with Crippen molar-refractivity contribution in [1.82, 2.24) is 4.90 Å². The molecule has 4 saturated heterocycles. The van der Waals surface area contributed by atoms with Crippen molar-refractivity contribution in [2.45, 2.75) is 186 Å². The van der Waals surface area contributed by atoms with Gasteiger partial charge in [-0.25, -0.2) is 0 Å². The van der Waals surface area contributed by atoms with E-state index in [9.17, 15) is 9.59 Å². The summed E-state index contributed by atoms with van der Waals surface area (Å²) >= 11 is 0. The number of fused-ring (bicyclic) bond motifs is 4. The second-order valence-corrected chi connectivity index (χ2v) is 14.9. The van der Waals surface area contributed by atoms with E-state index in [-0.39, 0.29) is 84.4 Å². The van der Waals surface area contributed by atoms with Gasteiger partial charge in [-0.2, -0.15) is 0 Å². The SMILES string of the molecule is CCC[C@H]1C[C@@H]2CC[C@@H](O2)[C@H](CC)C(=O)O[C@@H]([C@H](C)[C@H]2CC[C@@H](C[C@@H](CCC)N(C)C)O2)[C@H](C)[C@@H]2CC[C@@H](O2)[C@@H](CC)C(=O)O1. The summed E-state index contributed by atoms with van der Waals surface area (Å²) in [6, 6.07) is 0.508. The minimum Gasteiger partial charge on any atom is -0.462 e. The summed E-state index contributed by atoms with van der Waals surface area (Å²) in [5.74, 6) is -0.900. The molecule has 260 valence electrons. The van der Waals surface area contributed by atoms with Crippen LogP contribution in [0.2, 0.25) is 0 Å². The molecule has 8 nitrogen and oxygen atoms in total. The van der Waals surface area contributed by atoms with Crippen LogP contribution in [0.5, 0.6) is 0 Å². The fourth-order valence-corrected chi connectivity index (χ4v) is 8.68. The van der Waals surface area contributed by atoms with E-state index in [1.807, 2.05) is 0 Å². The topological polar surface area (TPSA) is 83.5 Å². The van der Waals surface area contributed by atoms with Crippen molar-refractivity contribution in [2.24, 2.45) is 23.7 Å². The number of ether oxygens (including phenoxy) is 5. The van der Waals surface area contributed by atoms with Gasteiger partial charge in [0.15, 0.2) is 0 Å². The lowest BCUT2D eigenvalue weighted by Crippen LogP contribution is -2.45. The quantitative estimate of drug-likeness (QED) is 0.222. The van der Waals surface area contributed by atoms with E-state index in [4.69, 9.17) is 23.7 Å². The summed E-state index contributed by atoms with van der Waals surface area (Å²) in [7, 11) is 4.33. The Bertz CT molecular complexity index is 928. The van der Waals surface area contributed by atoms with Gasteiger partial charge in [-0.3, -0.25) is 9.59 Å². The molecule has 4 aliphatic heterocycles. The average Bonchev–Trinajstić information content (AvgIpc) is 3.78. The summed E-state index contributed by atoms with van der Waals surface area (Å²) in [6.07, 6.45) is 11.8. The molecule has 0 saturated carbocycles. The number of hydrogen-bond donors (Lipinski definition) is 0. The largest absolute Gasteiger partial charge is 0.462 e. The van der Waals surface area contributed by atoms with Crippen LogP contribution >= 0.6 is 0 Å². The van der Waals surface area contributed by atoms with Crippen LogP contribution in [0.25, 0.3) is 0 Å². The molecule has 0 aliphatic carbocycles. The smallest absolute Gasteiger partial charge is 0.311 e. The molecule has 8 heteroatoms. The van der Waals surface area contributed by atoms with Crippen LogP contribution < -0.4 is 0 Å². The molecule has 13 atom stereocenters. The lowest BCUT2D eigenvalue weighted by molar-refractivity contribution is -0.176. The highest BCUT2D eigenvalue weighted by molar-refractivity contribution is 5.74. The van der Waals surface area contributed by atoms with Crippen LogP contribution in [-0.2, 0) is 33.3 Å². The summed E-state index contributed by atoms with van der Waals surface area (Å²) < 4.78 is 32.7. The molecule has 0 aromatic rings. The third-order valence-corrected chi connectivity index (χ3v) is 11.5. The van der Waals surface area contributed by atoms with Crippen molar-refractivity contribution in [3.63, 3.8) is 0 Å². The molecule has 0 N–H and O–H groups in total. The van der Waals surface area contributed by atoms with Crippen molar-refractivity contribution in [1.29, 1.82) is 0 Å². The van der Waals surface area contributed by atoms with Gasteiger partial charge >= 0.3 is 11.9 Å². The second kappa shape index (κ2) is 17.3. The van der Waals surface area contributed by atoms with Crippen LogP contribution in [0, 0.1) is 23.7 Å². The predicted octanol–water partition coefficient (Wildman–Crippen LogP) is 7.10. The summed E-state index contributed by atoms with van der Waals surface area (Å²) in [5, 5.41) is 0. The second-order valence-electron chi connectivity index (χ2n) is 14.9. The Kier molecular flexibility index (Phi) is 14.0. The maximum atomic E-state index is 14.0. The summed E-state index contributed by atoms with van der Waals surface area (Å²) in [4.78, 5) is 29.9. The number of hydrogen-bond acceptors (Lipinski definition) is 8. The maximum Gasteiger partial charge on any atom is 0.311 e. The first-order valence-corrected chi connectivity index (χ1v) is 18.6. The highest BCUT2D eigenvalue weighted by atomic mass is 16.6. The highest BCUT2D eigenvalue weighted by Gasteiger charge is 2.46. The zero-order chi connectivity index (χ0) is 32.7. The third-order valence-electron chi connectivity index (χ3n) is 11.5. The van der Waals surface area contributed by atoms with Gasteiger partial charge in [-0.05, 0) is 84.7 Å². The Morgan fingerprint density at radius 2 is 1.40 bits per heavy atom. The molecule has 45 heavy (non-hydrogen) atoms. The van der Waals surface area contributed by atoms with E-state index >= 15 is 0 Å². The Balaban J connectivity index is 1.56. The normalized spacial score (nSPS) is 39.5. The minimum absolute atomic E-state index is 0.0162.